The molecule has 1 fully saturated rings. The summed E-state index contributed by atoms with van der Waals surface area (Å²) in [4.78, 5) is 24.0. The highest BCUT2D eigenvalue weighted by Crippen LogP contribution is 2.28. The molecule has 0 radical (unpaired) electrons. The van der Waals surface area contributed by atoms with Crippen molar-refractivity contribution in [2.24, 2.45) is 11.7 Å². The van der Waals surface area contributed by atoms with Crippen LogP contribution in [0, 0.1) is 5.92 Å². The molecule has 1 aliphatic carbocycles. The summed E-state index contributed by atoms with van der Waals surface area (Å²) in [6.45, 7) is 4.37. The summed E-state index contributed by atoms with van der Waals surface area (Å²) in [6, 6.07) is 3.77. The summed E-state index contributed by atoms with van der Waals surface area (Å²) in [6.07, 6.45) is 6.28. The first-order valence-corrected chi connectivity index (χ1v) is 10.6. The SMILES string of the molecule is CC(Sc1nnc(-c2ccco2)n1CCC(N)=O)C(=O)NC1CCCCC1C. The fourth-order valence-electron chi connectivity index (χ4n) is 3.43. The Kier molecular flexibility index (Phi) is 6.77. The van der Waals surface area contributed by atoms with Gasteiger partial charge >= 0.3 is 0 Å². The van der Waals surface area contributed by atoms with Crippen LogP contribution in [-0.2, 0) is 16.1 Å². The molecule has 1 saturated carbocycles. The number of amides is 2. The Hall–Kier alpha value is -2.29. The molecule has 9 heteroatoms. The molecular weight excluding hydrogens is 378 g/mol. The van der Waals surface area contributed by atoms with Crippen molar-refractivity contribution in [1.82, 2.24) is 20.1 Å². The van der Waals surface area contributed by atoms with Crippen LogP contribution in [0.15, 0.2) is 28.0 Å². The van der Waals surface area contributed by atoms with Gasteiger partial charge in [-0.25, -0.2) is 0 Å². The van der Waals surface area contributed by atoms with Crippen LogP contribution in [-0.4, -0.2) is 37.9 Å². The average Bonchev–Trinajstić information content (AvgIpc) is 3.31. The van der Waals surface area contributed by atoms with Crippen LogP contribution in [0.25, 0.3) is 11.6 Å². The number of hydrogen-bond acceptors (Lipinski definition) is 6. The minimum absolute atomic E-state index is 0.00671. The number of aromatic nitrogens is 3. The zero-order chi connectivity index (χ0) is 20.1. The lowest BCUT2D eigenvalue weighted by Gasteiger charge is -2.30. The van der Waals surface area contributed by atoms with Crippen LogP contribution >= 0.6 is 11.8 Å². The Balaban J connectivity index is 1.71. The summed E-state index contributed by atoms with van der Waals surface area (Å²) in [5.41, 5.74) is 5.31. The number of hydrogen-bond donors (Lipinski definition) is 2. The Bertz CT molecular complexity index is 805. The monoisotopic (exact) mass is 405 g/mol. The number of nitrogens with two attached hydrogens (primary N) is 1. The van der Waals surface area contributed by atoms with Gasteiger partial charge in [0.2, 0.25) is 11.8 Å². The van der Waals surface area contributed by atoms with E-state index in [2.05, 4.69) is 22.4 Å². The predicted octanol–water partition coefficient (Wildman–Crippen LogP) is 2.59. The summed E-state index contributed by atoms with van der Waals surface area (Å²) < 4.78 is 7.20. The summed E-state index contributed by atoms with van der Waals surface area (Å²) in [7, 11) is 0. The number of furan rings is 1. The van der Waals surface area contributed by atoms with Gasteiger partial charge in [-0.1, -0.05) is 31.5 Å². The number of primary amides is 1. The minimum atomic E-state index is -0.410. The van der Waals surface area contributed by atoms with E-state index < -0.39 is 5.91 Å². The zero-order valence-electron chi connectivity index (χ0n) is 16.3. The zero-order valence-corrected chi connectivity index (χ0v) is 17.1. The molecule has 0 saturated heterocycles. The second kappa shape index (κ2) is 9.27. The highest BCUT2D eigenvalue weighted by atomic mass is 32.2. The second-order valence-electron chi connectivity index (χ2n) is 7.29. The summed E-state index contributed by atoms with van der Waals surface area (Å²) in [5, 5.41) is 11.8. The van der Waals surface area contributed by atoms with Crippen molar-refractivity contribution >= 4 is 23.6 Å². The molecule has 2 aromatic heterocycles. The maximum Gasteiger partial charge on any atom is 0.233 e. The van der Waals surface area contributed by atoms with E-state index in [1.165, 1.54) is 18.2 Å². The molecule has 0 spiro atoms. The molecule has 3 N–H and O–H groups in total. The molecule has 3 atom stereocenters. The molecule has 0 aliphatic heterocycles. The average molecular weight is 406 g/mol. The molecule has 2 amide bonds. The normalized spacial score (nSPS) is 20.6. The van der Waals surface area contributed by atoms with Crippen LogP contribution in [0.2, 0.25) is 0 Å². The van der Waals surface area contributed by atoms with Gasteiger partial charge in [0.05, 0.1) is 11.5 Å². The lowest BCUT2D eigenvalue weighted by atomic mass is 9.86. The fraction of sp³-hybridized carbons (Fsp3) is 0.579. The van der Waals surface area contributed by atoms with Crippen molar-refractivity contribution in [3.05, 3.63) is 18.4 Å². The number of nitrogens with one attached hydrogen (secondary N) is 1. The van der Waals surface area contributed by atoms with E-state index >= 15 is 0 Å². The fourth-order valence-corrected chi connectivity index (χ4v) is 4.31. The third-order valence-corrected chi connectivity index (χ3v) is 6.21. The Labute approximate surface area is 168 Å². The first kappa shape index (κ1) is 20.4. The van der Waals surface area contributed by atoms with Crippen LogP contribution in [0.1, 0.15) is 46.0 Å². The molecule has 3 unspecified atom stereocenters. The first-order valence-electron chi connectivity index (χ1n) is 9.68. The maximum atomic E-state index is 12.7. The molecule has 3 rings (SSSR count). The van der Waals surface area contributed by atoms with Gasteiger partial charge in [-0.15, -0.1) is 10.2 Å². The molecule has 152 valence electrons. The maximum absolute atomic E-state index is 12.7. The van der Waals surface area contributed by atoms with E-state index in [1.807, 2.05) is 6.92 Å². The minimum Gasteiger partial charge on any atom is -0.461 e. The van der Waals surface area contributed by atoms with Crippen molar-refractivity contribution < 1.29 is 14.0 Å². The highest BCUT2D eigenvalue weighted by molar-refractivity contribution is 8.00. The van der Waals surface area contributed by atoms with E-state index in [-0.39, 0.29) is 23.6 Å². The van der Waals surface area contributed by atoms with Crippen molar-refractivity contribution in [3.8, 4) is 11.6 Å². The lowest BCUT2D eigenvalue weighted by molar-refractivity contribution is -0.121. The van der Waals surface area contributed by atoms with Gasteiger partial charge < -0.3 is 15.5 Å². The molecule has 8 nitrogen and oxygen atoms in total. The molecule has 28 heavy (non-hydrogen) atoms. The van der Waals surface area contributed by atoms with Gasteiger partial charge in [0.1, 0.15) is 0 Å². The van der Waals surface area contributed by atoms with Gasteiger partial charge in [0.25, 0.3) is 0 Å². The number of carbonyl (C=O) groups is 2. The van der Waals surface area contributed by atoms with Crippen molar-refractivity contribution in [3.63, 3.8) is 0 Å². The van der Waals surface area contributed by atoms with E-state index in [0.29, 0.717) is 29.2 Å². The number of rotatable bonds is 8. The van der Waals surface area contributed by atoms with Crippen LogP contribution in [0.5, 0.6) is 0 Å². The molecule has 0 aromatic carbocycles. The highest BCUT2D eigenvalue weighted by Gasteiger charge is 2.27. The number of nitrogens with zero attached hydrogens (tertiary/aromatic N) is 3. The quantitative estimate of drug-likeness (QED) is 0.652. The van der Waals surface area contributed by atoms with Crippen LogP contribution < -0.4 is 11.1 Å². The van der Waals surface area contributed by atoms with E-state index in [4.69, 9.17) is 10.2 Å². The van der Waals surface area contributed by atoms with Crippen molar-refractivity contribution in [2.75, 3.05) is 0 Å². The largest absolute Gasteiger partial charge is 0.461 e. The van der Waals surface area contributed by atoms with Gasteiger partial charge in [0.15, 0.2) is 16.7 Å². The third kappa shape index (κ3) is 4.95. The Morgan fingerprint density at radius 2 is 2.18 bits per heavy atom. The van der Waals surface area contributed by atoms with E-state index in [0.717, 1.165) is 19.3 Å². The summed E-state index contributed by atoms with van der Waals surface area (Å²) >= 11 is 1.32. The molecule has 1 aliphatic rings. The van der Waals surface area contributed by atoms with Crippen molar-refractivity contribution in [2.45, 2.75) is 68.9 Å². The Morgan fingerprint density at radius 1 is 1.39 bits per heavy atom. The third-order valence-electron chi connectivity index (χ3n) is 5.13. The topological polar surface area (TPSA) is 116 Å². The van der Waals surface area contributed by atoms with E-state index in [9.17, 15) is 9.59 Å². The van der Waals surface area contributed by atoms with Gasteiger partial charge in [-0.3, -0.25) is 14.2 Å². The van der Waals surface area contributed by atoms with Crippen molar-refractivity contribution in [1.29, 1.82) is 0 Å². The smallest absolute Gasteiger partial charge is 0.233 e. The van der Waals surface area contributed by atoms with Crippen LogP contribution in [0.4, 0.5) is 0 Å². The summed E-state index contributed by atoms with van der Waals surface area (Å²) in [5.74, 6) is 1.15. The molecular formula is C19H27N5O3S. The first-order chi connectivity index (χ1) is 13.5. The van der Waals surface area contributed by atoms with Gasteiger partial charge in [-0.05, 0) is 37.8 Å². The molecule has 2 aromatic rings. The van der Waals surface area contributed by atoms with E-state index in [1.54, 1.807) is 23.0 Å². The number of thioether (sulfide) groups is 1. The van der Waals surface area contributed by atoms with Gasteiger partial charge in [0, 0.05) is 19.0 Å². The van der Waals surface area contributed by atoms with Gasteiger partial charge in [-0.2, -0.15) is 0 Å². The Morgan fingerprint density at radius 3 is 2.86 bits per heavy atom. The van der Waals surface area contributed by atoms with Crippen LogP contribution in [0.3, 0.4) is 0 Å². The predicted molar refractivity (Wildman–Crippen MR) is 106 cm³/mol. The standard InChI is InChI=1S/C19H27N5O3S/c1-12-6-3-4-7-14(12)21-18(26)13(2)28-19-23-22-17(15-8-5-11-27-15)24(19)10-9-16(20)25/h5,8,11-14H,3-4,6-7,9-10H2,1-2H3,(H2,20,25)(H,21,26). The molecule has 0 bridgehead atoms. The lowest BCUT2D eigenvalue weighted by Crippen LogP contribution is -2.44. The number of carbonyl (C=O) groups excluding carboxylic acids is 2. The molecule has 2 heterocycles. The second-order valence-corrected chi connectivity index (χ2v) is 8.60.